The maximum Gasteiger partial charge on any atom is 0.227 e. The number of methoxy groups -OCH3 is 1. The van der Waals surface area contributed by atoms with Gasteiger partial charge in [0.15, 0.2) is 0 Å². The lowest BCUT2D eigenvalue weighted by molar-refractivity contribution is -0.133. The van der Waals surface area contributed by atoms with Gasteiger partial charge in [0, 0.05) is 57.5 Å². The molecule has 33 heavy (non-hydrogen) atoms. The van der Waals surface area contributed by atoms with E-state index in [4.69, 9.17) is 14.0 Å². The first-order valence-electron chi connectivity index (χ1n) is 11.4. The highest BCUT2D eigenvalue weighted by molar-refractivity contribution is 5.76. The van der Waals surface area contributed by atoms with Gasteiger partial charge in [-0.15, -0.1) is 0 Å². The molecule has 2 aliphatic heterocycles. The Morgan fingerprint density at radius 2 is 1.91 bits per heavy atom. The number of ether oxygens (including phenoxy) is 2. The summed E-state index contributed by atoms with van der Waals surface area (Å²) >= 11 is 0. The first kappa shape index (κ1) is 21.5. The molecule has 1 fully saturated rings. The number of aryl methyl sites for hydroxylation is 1. The molecule has 2 aliphatic rings. The number of benzene rings is 2. The Morgan fingerprint density at radius 1 is 1.09 bits per heavy atom. The van der Waals surface area contributed by atoms with Crippen LogP contribution in [0.4, 0.5) is 0 Å². The summed E-state index contributed by atoms with van der Waals surface area (Å²) in [5.74, 6) is 2.93. The highest BCUT2D eigenvalue weighted by atomic mass is 16.5. The molecular weight excluding hydrogens is 420 g/mol. The number of carbonyl (C=O) groups excluding carboxylic acids is 1. The van der Waals surface area contributed by atoms with Crippen molar-refractivity contribution < 1.29 is 18.8 Å². The first-order valence-corrected chi connectivity index (χ1v) is 11.4. The lowest BCUT2D eigenvalue weighted by atomic mass is 10.1. The number of aromatic nitrogens is 2. The van der Waals surface area contributed by atoms with Crippen LogP contribution in [0.15, 0.2) is 47.0 Å². The van der Waals surface area contributed by atoms with E-state index in [1.807, 2.05) is 29.2 Å². The Labute approximate surface area is 193 Å². The van der Waals surface area contributed by atoms with Gasteiger partial charge in [0.05, 0.1) is 13.7 Å². The number of hydrogen-bond donors (Lipinski definition) is 0. The van der Waals surface area contributed by atoms with Gasteiger partial charge in [-0.3, -0.25) is 9.69 Å². The van der Waals surface area contributed by atoms with Crippen LogP contribution in [0.25, 0.3) is 11.4 Å². The SMILES string of the molecule is COc1ccc(-c2noc(CCC(=O)N3CCN(Cc4ccc5c(c4)CCO5)CC3)n2)cc1. The summed E-state index contributed by atoms with van der Waals surface area (Å²) in [7, 11) is 1.63. The number of hydrogen-bond acceptors (Lipinski definition) is 7. The molecule has 1 saturated heterocycles. The average Bonchev–Trinajstić information content (AvgIpc) is 3.52. The van der Waals surface area contributed by atoms with Crippen LogP contribution in [0.1, 0.15) is 23.4 Å². The Balaban J connectivity index is 1.08. The zero-order valence-electron chi connectivity index (χ0n) is 18.8. The van der Waals surface area contributed by atoms with Gasteiger partial charge in [-0.2, -0.15) is 4.98 Å². The molecule has 5 rings (SSSR count). The fourth-order valence-corrected chi connectivity index (χ4v) is 4.34. The van der Waals surface area contributed by atoms with Crippen molar-refractivity contribution in [1.29, 1.82) is 0 Å². The van der Waals surface area contributed by atoms with E-state index in [9.17, 15) is 4.79 Å². The summed E-state index contributed by atoms with van der Waals surface area (Å²) in [6.45, 7) is 4.93. The first-order chi connectivity index (χ1) is 16.2. The zero-order valence-corrected chi connectivity index (χ0v) is 18.8. The van der Waals surface area contributed by atoms with Crippen molar-refractivity contribution >= 4 is 5.91 Å². The maximum absolute atomic E-state index is 12.7. The van der Waals surface area contributed by atoms with E-state index in [1.165, 1.54) is 11.1 Å². The fraction of sp³-hybridized carbons (Fsp3) is 0.400. The van der Waals surface area contributed by atoms with E-state index in [0.717, 1.165) is 62.8 Å². The van der Waals surface area contributed by atoms with Crippen LogP contribution in [0.2, 0.25) is 0 Å². The van der Waals surface area contributed by atoms with Crippen LogP contribution in [-0.2, 0) is 24.2 Å². The molecule has 0 atom stereocenters. The summed E-state index contributed by atoms with van der Waals surface area (Å²) in [6, 6.07) is 14.0. The van der Waals surface area contributed by atoms with Crippen LogP contribution in [0, 0.1) is 0 Å². The molecule has 1 amide bonds. The van der Waals surface area contributed by atoms with Crippen LogP contribution in [0.5, 0.6) is 11.5 Å². The summed E-state index contributed by atoms with van der Waals surface area (Å²) < 4.78 is 16.1. The summed E-state index contributed by atoms with van der Waals surface area (Å²) in [6.07, 6.45) is 1.81. The van der Waals surface area contributed by atoms with Gasteiger partial charge in [-0.05, 0) is 41.5 Å². The van der Waals surface area contributed by atoms with Gasteiger partial charge in [-0.25, -0.2) is 0 Å². The van der Waals surface area contributed by atoms with Crippen LogP contribution < -0.4 is 9.47 Å². The predicted octanol–water partition coefficient (Wildman–Crippen LogP) is 2.96. The lowest BCUT2D eigenvalue weighted by Crippen LogP contribution is -2.48. The number of fused-ring (bicyclic) bond motifs is 1. The van der Waals surface area contributed by atoms with E-state index in [0.29, 0.717) is 24.6 Å². The Hall–Kier alpha value is -3.39. The third-order valence-electron chi connectivity index (χ3n) is 6.25. The van der Waals surface area contributed by atoms with Crippen molar-refractivity contribution in [3.05, 3.63) is 59.5 Å². The Bertz CT molecular complexity index is 1100. The Morgan fingerprint density at radius 3 is 2.70 bits per heavy atom. The number of piperazine rings is 1. The average molecular weight is 449 g/mol. The fourth-order valence-electron chi connectivity index (χ4n) is 4.34. The minimum absolute atomic E-state index is 0.133. The second-order valence-electron chi connectivity index (χ2n) is 8.44. The molecule has 0 saturated carbocycles. The number of rotatable bonds is 7. The van der Waals surface area contributed by atoms with E-state index in [1.54, 1.807) is 7.11 Å². The molecule has 1 aromatic heterocycles. The largest absolute Gasteiger partial charge is 0.497 e. The van der Waals surface area contributed by atoms with Crippen molar-refractivity contribution in [2.75, 3.05) is 39.9 Å². The third-order valence-corrected chi connectivity index (χ3v) is 6.25. The molecule has 172 valence electrons. The van der Waals surface area contributed by atoms with E-state index >= 15 is 0 Å². The quantitative estimate of drug-likeness (QED) is 0.550. The predicted molar refractivity (Wildman–Crippen MR) is 122 cm³/mol. The van der Waals surface area contributed by atoms with Crippen LogP contribution in [-0.4, -0.2) is 65.7 Å². The Kier molecular flexibility index (Phi) is 6.26. The maximum atomic E-state index is 12.7. The summed E-state index contributed by atoms with van der Waals surface area (Å²) in [5, 5.41) is 4.04. The molecule has 8 nitrogen and oxygen atoms in total. The molecule has 0 N–H and O–H groups in total. The van der Waals surface area contributed by atoms with Crippen molar-refractivity contribution in [2.24, 2.45) is 0 Å². The van der Waals surface area contributed by atoms with E-state index < -0.39 is 0 Å². The van der Waals surface area contributed by atoms with Crippen molar-refractivity contribution in [1.82, 2.24) is 19.9 Å². The van der Waals surface area contributed by atoms with E-state index in [2.05, 4.69) is 33.2 Å². The molecule has 8 heteroatoms. The zero-order chi connectivity index (χ0) is 22.6. The highest BCUT2D eigenvalue weighted by Gasteiger charge is 2.22. The second kappa shape index (κ2) is 9.62. The molecule has 0 spiro atoms. The topological polar surface area (TPSA) is 80.9 Å². The van der Waals surface area contributed by atoms with Crippen molar-refractivity contribution in [2.45, 2.75) is 25.8 Å². The van der Waals surface area contributed by atoms with E-state index in [-0.39, 0.29) is 5.91 Å². The molecule has 0 aliphatic carbocycles. The highest BCUT2D eigenvalue weighted by Crippen LogP contribution is 2.26. The number of carbonyl (C=O) groups is 1. The smallest absolute Gasteiger partial charge is 0.227 e. The van der Waals surface area contributed by atoms with Crippen LogP contribution >= 0.6 is 0 Å². The molecule has 0 radical (unpaired) electrons. The monoisotopic (exact) mass is 448 g/mol. The molecule has 2 aromatic carbocycles. The van der Waals surface area contributed by atoms with Gasteiger partial charge in [0.2, 0.25) is 17.6 Å². The minimum atomic E-state index is 0.133. The van der Waals surface area contributed by atoms with Gasteiger partial charge >= 0.3 is 0 Å². The second-order valence-corrected chi connectivity index (χ2v) is 8.44. The summed E-state index contributed by atoms with van der Waals surface area (Å²) in [5.41, 5.74) is 3.46. The number of amides is 1. The molecular formula is C25H28N4O4. The molecule has 3 aromatic rings. The van der Waals surface area contributed by atoms with Crippen molar-refractivity contribution in [3.8, 4) is 22.9 Å². The van der Waals surface area contributed by atoms with Crippen LogP contribution in [0.3, 0.4) is 0 Å². The van der Waals surface area contributed by atoms with Gasteiger partial charge in [-0.1, -0.05) is 17.3 Å². The van der Waals surface area contributed by atoms with Gasteiger partial charge in [0.1, 0.15) is 11.5 Å². The normalized spacial score (nSPS) is 15.8. The minimum Gasteiger partial charge on any atom is -0.497 e. The lowest BCUT2D eigenvalue weighted by Gasteiger charge is -2.34. The summed E-state index contributed by atoms with van der Waals surface area (Å²) in [4.78, 5) is 21.5. The number of nitrogens with zero attached hydrogens (tertiary/aromatic N) is 4. The molecule has 0 bridgehead atoms. The standard InChI is InChI=1S/C25H28N4O4/c1-31-21-5-3-19(4-6-21)25-26-23(33-27-25)8-9-24(30)29-13-11-28(12-14-29)17-18-2-7-22-20(16-18)10-15-32-22/h2-7,16H,8-15,17H2,1H3. The molecule has 0 unspecified atom stereocenters. The van der Waals surface area contributed by atoms with Crippen molar-refractivity contribution in [3.63, 3.8) is 0 Å². The van der Waals surface area contributed by atoms with Gasteiger partial charge < -0.3 is 18.9 Å². The third kappa shape index (κ3) is 5.01. The van der Waals surface area contributed by atoms with Gasteiger partial charge in [0.25, 0.3) is 0 Å². The molecule has 3 heterocycles.